The Bertz CT molecular complexity index is 426. The predicted molar refractivity (Wildman–Crippen MR) is 56.4 cm³/mol. The highest BCUT2D eigenvalue weighted by Crippen LogP contribution is 2.11. The molecule has 0 saturated heterocycles. The van der Waals surface area contributed by atoms with Gasteiger partial charge in [-0.2, -0.15) is 0 Å². The zero-order valence-corrected chi connectivity index (χ0v) is 9.27. The van der Waals surface area contributed by atoms with Gasteiger partial charge < -0.3 is 10.0 Å². The summed E-state index contributed by atoms with van der Waals surface area (Å²) in [7, 11) is -5.02. The summed E-state index contributed by atoms with van der Waals surface area (Å²) in [6, 6.07) is 2.59. The van der Waals surface area contributed by atoms with Gasteiger partial charge in [0.1, 0.15) is 0 Å². The van der Waals surface area contributed by atoms with E-state index in [1.165, 1.54) is 12.1 Å². The Morgan fingerprint density at radius 2 is 1.93 bits per heavy atom. The lowest BCUT2D eigenvalue weighted by atomic mass is 9.82. The molecule has 2 N–H and O–H groups in total. The molecular formula is C8H12BNO4S. The van der Waals surface area contributed by atoms with Gasteiger partial charge in [-0.05, 0) is 19.9 Å². The van der Waals surface area contributed by atoms with Crippen molar-refractivity contribution in [2.24, 2.45) is 0 Å². The standard InChI is InChI=1S/C8H12BNO4S/c1-6(2)15(13,14)8-4-3-7(5-10-8)9(11)12/h3-6,11-12H,1-2H3. The summed E-state index contributed by atoms with van der Waals surface area (Å²) in [5.74, 6) is 0. The molecule has 0 spiro atoms. The summed E-state index contributed by atoms with van der Waals surface area (Å²) < 4.78 is 23.3. The number of sulfone groups is 1. The van der Waals surface area contributed by atoms with Crippen LogP contribution in [0.2, 0.25) is 0 Å². The fourth-order valence-corrected chi connectivity index (χ4v) is 1.89. The Labute approximate surface area is 88.9 Å². The van der Waals surface area contributed by atoms with Crippen molar-refractivity contribution in [3.05, 3.63) is 18.3 Å². The van der Waals surface area contributed by atoms with Crippen molar-refractivity contribution >= 4 is 22.4 Å². The fourth-order valence-electron chi connectivity index (χ4n) is 0.954. The summed E-state index contributed by atoms with van der Waals surface area (Å²) in [5, 5.41) is 17.0. The van der Waals surface area contributed by atoms with Crippen molar-refractivity contribution in [1.29, 1.82) is 0 Å². The Balaban J connectivity index is 3.10. The average molecular weight is 229 g/mol. The van der Waals surface area contributed by atoms with Crippen LogP contribution in [0, 0.1) is 0 Å². The maximum atomic E-state index is 11.6. The van der Waals surface area contributed by atoms with Crippen molar-refractivity contribution in [3.63, 3.8) is 0 Å². The van der Waals surface area contributed by atoms with Gasteiger partial charge in [-0.3, -0.25) is 0 Å². The highest BCUT2D eigenvalue weighted by molar-refractivity contribution is 7.91. The zero-order chi connectivity index (χ0) is 11.6. The molecule has 0 unspecified atom stereocenters. The number of hydrogen-bond donors (Lipinski definition) is 2. The number of hydrogen-bond acceptors (Lipinski definition) is 5. The monoisotopic (exact) mass is 229 g/mol. The van der Waals surface area contributed by atoms with Crippen LogP contribution in [0.15, 0.2) is 23.4 Å². The van der Waals surface area contributed by atoms with E-state index in [1.54, 1.807) is 13.8 Å². The highest BCUT2D eigenvalue weighted by Gasteiger charge is 2.21. The Hall–Kier alpha value is -0.915. The van der Waals surface area contributed by atoms with Crippen LogP contribution >= 0.6 is 0 Å². The Morgan fingerprint density at radius 3 is 2.27 bits per heavy atom. The lowest BCUT2D eigenvalue weighted by Gasteiger charge is -2.07. The van der Waals surface area contributed by atoms with Gasteiger partial charge >= 0.3 is 7.12 Å². The summed E-state index contributed by atoms with van der Waals surface area (Å²) >= 11 is 0. The molecule has 0 amide bonds. The molecule has 0 aromatic carbocycles. The van der Waals surface area contributed by atoms with E-state index >= 15 is 0 Å². The Kier molecular flexibility index (Phi) is 3.48. The first-order chi connectivity index (χ1) is 6.85. The average Bonchev–Trinajstić information content (AvgIpc) is 2.17. The highest BCUT2D eigenvalue weighted by atomic mass is 32.2. The SMILES string of the molecule is CC(C)S(=O)(=O)c1ccc(B(O)O)cn1. The maximum absolute atomic E-state index is 11.6. The van der Waals surface area contributed by atoms with E-state index in [1.807, 2.05) is 0 Å². The lowest BCUT2D eigenvalue weighted by molar-refractivity contribution is 0.425. The number of rotatable bonds is 3. The minimum Gasteiger partial charge on any atom is -0.423 e. The normalized spacial score (nSPS) is 11.8. The molecule has 1 aromatic heterocycles. The molecule has 0 radical (unpaired) electrons. The van der Waals surface area contributed by atoms with Crippen LogP contribution in [0.5, 0.6) is 0 Å². The van der Waals surface area contributed by atoms with Gasteiger partial charge in [0.15, 0.2) is 14.9 Å². The van der Waals surface area contributed by atoms with Crippen LogP contribution in [-0.2, 0) is 9.84 Å². The molecule has 1 aromatic rings. The van der Waals surface area contributed by atoms with Gasteiger partial charge in [0.05, 0.1) is 5.25 Å². The van der Waals surface area contributed by atoms with E-state index < -0.39 is 22.2 Å². The number of pyridine rings is 1. The van der Waals surface area contributed by atoms with Gasteiger partial charge in [0.2, 0.25) is 0 Å². The molecule has 15 heavy (non-hydrogen) atoms. The summed E-state index contributed by atoms with van der Waals surface area (Å²) in [5.41, 5.74) is 0.165. The van der Waals surface area contributed by atoms with Crippen molar-refractivity contribution in [2.75, 3.05) is 0 Å². The second kappa shape index (κ2) is 4.30. The van der Waals surface area contributed by atoms with Gasteiger partial charge in [-0.1, -0.05) is 6.07 Å². The molecule has 7 heteroatoms. The van der Waals surface area contributed by atoms with Crippen LogP contribution in [0.4, 0.5) is 0 Å². The Morgan fingerprint density at radius 1 is 1.33 bits per heavy atom. The first kappa shape index (κ1) is 12.2. The van der Waals surface area contributed by atoms with Crippen LogP contribution in [0.1, 0.15) is 13.8 Å². The van der Waals surface area contributed by atoms with Crippen molar-refractivity contribution < 1.29 is 18.5 Å². The van der Waals surface area contributed by atoms with Crippen molar-refractivity contribution in [1.82, 2.24) is 4.98 Å². The summed E-state index contributed by atoms with van der Waals surface area (Å²) in [4.78, 5) is 3.68. The third-order valence-electron chi connectivity index (χ3n) is 1.97. The van der Waals surface area contributed by atoms with E-state index in [2.05, 4.69) is 4.98 Å². The third-order valence-corrected chi connectivity index (χ3v) is 4.04. The van der Waals surface area contributed by atoms with E-state index in [9.17, 15) is 8.42 Å². The topological polar surface area (TPSA) is 87.5 Å². The van der Waals surface area contributed by atoms with Crippen LogP contribution in [0.25, 0.3) is 0 Å². The smallest absolute Gasteiger partial charge is 0.423 e. The zero-order valence-electron chi connectivity index (χ0n) is 8.45. The quantitative estimate of drug-likeness (QED) is 0.645. The molecule has 5 nitrogen and oxygen atoms in total. The molecular weight excluding hydrogens is 217 g/mol. The molecule has 0 aliphatic rings. The molecule has 1 rings (SSSR count). The molecule has 0 bridgehead atoms. The van der Waals surface area contributed by atoms with Gasteiger partial charge in [0.25, 0.3) is 0 Å². The predicted octanol–water partition coefficient (Wildman–Crippen LogP) is -1.06. The van der Waals surface area contributed by atoms with Crippen LogP contribution in [-0.4, -0.2) is 35.8 Å². The molecule has 0 fully saturated rings. The second-order valence-corrected chi connectivity index (χ2v) is 5.85. The molecule has 1 heterocycles. The maximum Gasteiger partial charge on any atom is 0.490 e. The van der Waals surface area contributed by atoms with E-state index in [0.717, 1.165) is 6.20 Å². The molecule has 0 saturated carbocycles. The van der Waals surface area contributed by atoms with Gasteiger partial charge in [-0.15, -0.1) is 0 Å². The van der Waals surface area contributed by atoms with Crippen molar-refractivity contribution in [3.8, 4) is 0 Å². The fraction of sp³-hybridized carbons (Fsp3) is 0.375. The number of aromatic nitrogens is 1. The van der Waals surface area contributed by atoms with Gasteiger partial charge in [-0.25, -0.2) is 13.4 Å². The molecule has 0 aliphatic carbocycles. The van der Waals surface area contributed by atoms with Crippen LogP contribution < -0.4 is 5.46 Å². The van der Waals surface area contributed by atoms with E-state index in [4.69, 9.17) is 10.0 Å². The van der Waals surface area contributed by atoms with Gasteiger partial charge in [0, 0.05) is 11.7 Å². The molecule has 0 aliphatic heterocycles. The summed E-state index contributed by atoms with van der Waals surface area (Å²) in [6.45, 7) is 3.12. The van der Waals surface area contributed by atoms with Crippen LogP contribution in [0.3, 0.4) is 0 Å². The number of nitrogens with zero attached hydrogens (tertiary/aromatic N) is 1. The first-order valence-corrected chi connectivity index (χ1v) is 5.96. The largest absolute Gasteiger partial charge is 0.490 e. The summed E-state index contributed by atoms with van der Waals surface area (Å²) in [6.07, 6.45) is 1.14. The lowest BCUT2D eigenvalue weighted by Crippen LogP contribution is -2.30. The third kappa shape index (κ3) is 2.56. The minimum atomic E-state index is -3.39. The molecule has 0 atom stereocenters. The second-order valence-electron chi connectivity index (χ2n) is 3.40. The molecule has 82 valence electrons. The first-order valence-electron chi connectivity index (χ1n) is 4.41. The minimum absolute atomic E-state index is 0.0538. The van der Waals surface area contributed by atoms with Crippen molar-refractivity contribution in [2.45, 2.75) is 24.1 Å². The van der Waals surface area contributed by atoms with E-state index in [-0.39, 0.29) is 10.5 Å². The van der Waals surface area contributed by atoms with E-state index in [0.29, 0.717) is 0 Å².